The van der Waals surface area contributed by atoms with Gasteiger partial charge in [0.05, 0.1) is 24.3 Å². The van der Waals surface area contributed by atoms with E-state index in [0.717, 1.165) is 43.6 Å². The summed E-state index contributed by atoms with van der Waals surface area (Å²) in [5, 5.41) is 3.09. The third-order valence-corrected chi connectivity index (χ3v) is 6.07. The van der Waals surface area contributed by atoms with Crippen molar-refractivity contribution in [1.29, 1.82) is 0 Å². The summed E-state index contributed by atoms with van der Waals surface area (Å²) in [6.07, 6.45) is -7.68. The number of piperidine rings is 1. The topological polar surface area (TPSA) is 24.5 Å². The number of nitrogens with zero attached hydrogens (tertiary/aromatic N) is 1. The summed E-state index contributed by atoms with van der Waals surface area (Å²) in [6.45, 7) is 4.13. The summed E-state index contributed by atoms with van der Waals surface area (Å²) in [7, 11) is 1.57. The Labute approximate surface area is 189 Å². The Morgan fingerprint density at radius 3 is 2.09 bits per heavy atom. The molecule has 0 radical (unpaired) electrons. The molecule has 0 spiro atoms. The van der Waals surface area contributed by atoms with E-state index < -0.39 is 23.5 Å². The molecule has 33 heavy (non-hydrogen) atoms. The number of para-hydroxylation sites is 1. The molecule has 3 rings (SSSR count). The fraction of sp³-hybridized carbons (Fsp3) is 0.500. The van der Waals surface area contributed by atoms with Crippen LogP contribution in [0, 0.1) is 5.92 Å². The molecular weight excluding hydrogens is 446 g/mol. The number of methoxy groups -OCH3 is 1. The zero-order valence-electron chi connectivity index (χ0n) is 18.6. The highest BCUT2D eigenvalue weighted by Gasteiger charge is 2.37. The highest BCUT2D eigenvalue weighted by atomic mass is 19.4. The minimum atomic E-state index is -4.86. The highest BCUT2D eigenvalue weighted by molar-refractivity contribution is 5.37. The molecule has 0 bridgehead atoms. The Hall–Kier alpha value is -2.26. The molecule has 1 saturated heterocycles. The van der Waals surface area contributed by atoms with E-state index in [1.54, 1.807) is 7.11 Å². The van der Waals surface area contributed by atoms with Crippen molar-refractivity contribution in [3.8, 4) is 5.75 Å². The van der Waals surface area contributed by atoms with Crippen LogP contribution >= 0.6 is 0 Å². The summed E-state index contributed by atoms with van der Waals surface area (Å²) in [4.78, 5) is 2.29. The van der Waals surface area contributed by atoms with Crippen LogP contribution < -0.4 is 10.1 Å². The largest absolute Gasteiger partial charge is 0.496 e. The quantitative estimate of drug-likeness (QED) is 0.477. The third kappa shape index (κ3) is 6.63. The van der Waals surface area contributed by atoms with Gasteiger partial charge in [0.25, 0.3) is 0 Å². The lowest BCUT2D eigenvalue weighted by Crippen LogP contribution is -2.40. The summed E-state index contributed by atoms with van der Waals surface area (Å²) in [6, 6.07) is 9.09. The second-order valence-electron chi connectivity index (χ2n) is 8.52. The molecule has 2 aromatic rings. The Bertz CT molecular complexity index is 888. The maximum absolute atomic E-state index is 13.2. The van der Waals surface area contributed by atoms with Crippen LogP contribution in [-0.4, -0.2) is 31.6 Å². The second-order valence-corrected chi connectivity index (χ2v) is 8.52. The first-order valence-electron chi connectivity index (χ1n) is 10.8. The highest BCUT2D eigenvalue weighted by Crippen LogP contribution is 2.36. The van der Waals surface area contributed by atoms with Gasteiger partial charge in [-0.25, -0.2) is 0 Å². The first-order valence-corrected chi connectivity index (χ1v) is 10.8. The van der Waals surface area contributed by atoms with Crippen molar-refractivity contribution < 1.29 is 31.1 Å². The molecule has 1 aliphatic rings. The van der Waals surface area contributed by atoms with Gasteiger partial charge in [0, 0.05) is 18.7 Å². The van der Waals surface area contributed by atoms with Gasteiger partial charge in [0.15, 0.2) is 0 Å². The molecule has 3 nitrogen and oxygen atoms in total. The molecule has 0 aliphatic carbocycles. The molecule has 1 fully saturated rings. The molecule has 9 heteroatoms. The van der Waals surface area contributed by atoms with E-state index in [2.05, 4.69) is 17.1 Å². The van der Waals surface area contributed by atoms with Crippen LogP contribution in [0.1, 0.15) is 48.1 Å². The predicted octanol–water partition coefficient (Wildman–Crippen LogP) is 6.30. The van der Waals surface area contributed by atoms with Crippen LogP contribution in [0.15, 0.2) is 42.5 Å². The Kier molecular flexibility index (Phi) is 7.95. The van der Waals surface area contributed by atoms with E-state index in [0.29, 0.717) is 18.2 Å². The van der Waals surface area contributed by atoms with Gasteiger partial charge in [0.2, 0.25) is 0 Å². The number of nitrogens with one attached hydrogen (secondary N) is 1. The number of hydrogen-bond donors (Lipinski definition) is 1. The van der Waals surface area contributed by atoms with Crippen LogP contribution in [0.4, 0.5) is 26.3 Å². The number of benzene rings is 2. The molecule has 2 aromatic carbocycles. The molecule has 182 valence electrons. The number of alkyl halides is 6. The van der Waals surface area contributed by atoms with Gasteiger partial charge in [-0.1, -0.05) is 25.1 Å². The summed E-state index contributed by atoms with van der Waals surface area (Å²) in [5.74, 6) is 1.31. The molecule has 1 N–H and O–H groups in total. The van der Waals surface area contributed by atoms with E-state index in [1.165, 1.54) is 0 Å². The maximum atomic E-state index is 13.2. The van der Waals surface area contributed by atoms with Crippen molar-refractivity contribution in [1.82, 2.24) is 10.2 Å². The lowest BCUT2D eigenvalue weighted by molar-refractivity contribution is -0.143. The van der Waals surface area contributed by atoms with E-state index >= 15 is 0 Å². The monoisotopic (exact) mass is 474 g/mol. The average Bonchev–Trinajstić information content (AvgIpc) is 2.76. The zero-order chi connectivity index (χ0) is 24.2. The Morgan fingerprint density at radius 2 is 1.55 bits per heavy atom. The Morgan fingerprint density at radius 1 is 0.970 bits per heavy atom. The van der Waals surface area contributed by atoms with Gasteiger partial charge in [-0.2, -0.15) is 26.3 Å². The number of likely N-dealkylation sites (tertiary alicyclic amines) is 1. The maximum Gasteiger partial charge on any atom is 0.416 e. The third-order valence-electron chi connectivity index (χ3n) is 6.07. The molecule has 0 aromatic heterocycles. The van der Waals surface area contributed by atoms with Crippen LogP contribution in [0.2, 0.25) is 0 Å². The Balaban J connectivity index is 1.81. The first kappa shape index (κ1) is 25.4. The number of rotatable bonds is 7. The minimum Gasteiger partial charge on any atom is -0.496 e. The van der Waals surface area contributed by atoms with Gasteiger partial charge < -0.3 is 10.1 Å². The predicted molar refractivity (Wildman–Crippen MR) is 114 cm³/mol. The number of ether oxygens (including phenoxy) is 1. The first-order chi connectivity index (χ1) is 15.5. The summed E-state index contributed by atoms with van der Waals surface area (Å²) in [5.41, 5.74) is -1.74. The number of hydrogen-bond acceptors (Lipinski definition) is 3. The van der Waals surface area contributed by atoms with Crippen molar-refractivity contribution in [2.24, 2.45) is 5.92 Å². The standard InChI is InChI=1S/C24H28F6N2O/c1-16-7-9-32(10-8-16)21(20-5-3-4-6-22(20)33-2)15-31-14-17-11-18(23(25,26)27)13-19(12-17)24(28,29)30/h3-6,11-13,16,21,31H,7-10,14-15H2,1-2H3. The van der Waals surface area contributed by atoms with Crippen molar-refractivity contribution in [3.63, 3.8) is 0 Å². The van der Waals surface area contributed by atoms with Gasteiger partial charge in [0.1, 0.15) is 5.75 Å². The van der Waals surface area contributed by atoms with Crippen LogP contribution in [0.5, 0.6) is 5.75 Å². The second kappa shape index (κ2) is 10.3. The lowest BCUT2D eigenvalue weighted by atomic mass is 9.95. The van der Waals surface area contributed by atoms with Crippen LogP contribution in [-0.2, 0) is 18.9 Å². The molecule has 1 aliphatic heterocycles. The van der Waals surface area contributed by atoms with Crippen molar-refractivity contribution in [3.05, 3.63) is 64.7 Å². The van der Waals surface area contributed by atoms with Gasteiger partial charge in [-0.3, -0.25) is 4.90 Å². The van der Waals surface area contributed by atoms with Crippen molar-refractivity contribution >= 4 is 0 Å². The van der Waals surface area contributed by atoms with Gasteiger partial charge in [-0.05, 0) is 61.7 Å². The average molecular weight is 474 g/mol. The van der Waals surface area contributed by atoms with Crippen molar-refractivity contribution in [2.75, 3.05) is 26.7 Å². The van der Waals surface area contributed by atoms with Crippen molar-refractivity contribution in [2.45, 2.75) is 44.7 Å². The number of halogens is 6. The van der Waals surface area contributed by atoms with Gasteiger partial charge in [-0.15, -0.1) is 0 Å². The molecule has 1 heterocycles. The SMILES string of the molecule is COc1ccccc1C(CNCc1cc(C(F)(F)F)cc(C(F)(F)F)c1)N1CCC(C)CC1. The molecule has 0 saturated carbocycles. The molecule has 1 atom stereocenters. The summed E-state index contributed by atoms with van der Waals surface area (Å²) >= 11 is 0. The van der Waals surface area contributed by atoms with E-state index in [1.807, 2.05) is 24.3 Å². The molecule has 1 unspecified atom stereocenters. The van der Waals surface area contributed by atoms with Gasteiger partial charge >= 0.3 is 12.4 Å². The smallest absolute Gasteiger partial charge is 0.416 e. The fourth-order valence-electron chi connectivity index (χ4n) is 4.19. The fourth-order valence-corrected chi connectivity index (χ4v) is 4.19. The lowest BCUT2D eigenvalue weighted by Gasteiger charge is -2.37. The summed E-state index contributed by atoms with van der Waals surface area (Å²) < 4.78 is 84.4. The molecular formula is C24H28F6N2O. The van der Waals surface area contributed by atoms with E-state index in [-0.39, 0.29) is 24.2 Å². The van der Waals surface area contributed by atoms with Crippen LogP contribution in [0.25, 0.3) is 0 Å². The zero-order valence-corrected chi connectivity index (χ0v) is 18.6. The normalized spacial score (nSPS) is 17.2. The molecule has 0 amide bonds. The minimum absolute atomic E-state index is 0.0665. The van der Waals surface area contributed by atoms with Crippen LogP contribution in [0.3, 0.4) is 0 Å². The van der Waals surface area contributed by atoms with E-state index in [4.69, 9.17) is 4.74 Å². The van der Waals surface area contributed by atoms with E-state index in [9.17, 15) is 26.3 Å².